The van der Waals surface area contributed by atoms with Gasteiger partial charge in [-0.05, 0) is 36.8 Å². The van der Waals surface area contributed by atoms with Gasteiger partial charge < -0.3 is 9.30 Å². The van der Waals surface area contributed by atoms with E-state index in [9.17, 15) is 0 Å². The smallest absolute Gasteiger partial charge is 0.191 e. The highest BCUT2D eigenvalue weighted by Gasteiger charge is 2.18. The molecule has 25 heavy (non-hydrogen) atoms. The third-order valence-electron chi connectivity index (χ3n) is 3.63. The highest BCUT2D eigenvalue weighted by atomic mass is 79.9. The van der Waals surface area contributed by atoms with Crippen molar-refractivity contribution in [2.45, 2.75) is 23.9 Å². The Morgan fingerprint density at radius 2 is 2.00 bits per heavy atom. The van der Waals surface area contributed by atoms with Crippen LogP contribution in [0, 0.1) is 0 Å². The number of rotatable bonds is 6. The van der Waals surface area contributed by atoms with E-state index in [-0.39, 0.29) is 6.10 Å². The van der Waals surface area contributed by atoms with Crippen LogP contribution >= 0.6 is 39.3 Å². The second-order valence-electron chi connectivity index (χ2n) is 5.51. The molecular formula is C18H17BrClN3OS. The molecule has 0 bridgehead atoms. The fourth-order valence-electron chi connectivity index (χ4n) is 2.36. The minimum atomic E-state index is -0.252. The van der Waals surface area contributed by atoms with Gasteiger partial charge in [0.2, 0.25) is 0 Å². The Labute approximate surface area is 164 Å². The first-order valence-corrected chi connectivity index (χ1v) is 9.88. The van der Waals surface area contributed by atoms with Crippen molar-refractivity contribution in [1.29, 1.82) is 0 Å². The SMILES string of the molecule is CC(Oc1ccccc1Cl)c1nnc(SCc2cccc(Br)c2)n1C. The summed E-state index contributed by atoms with van der Waals surface area (Å²) in [5, 5.41) is 10.0. The van der Waals surface area contributed by atoms with E-state index >= 15 is 0 Å². The number of nitrogens with zero attached hydrogens (tertiary/aromatic N) is 3. The number of ether oxygens (including phenoxy) is 1. The van der Waals surface area contributed by atoms with Crippen LogP contribution < -0.4 is 4.74 Å². The lowest BCUT2D eigenvalue weighted by molar-refractivity contribution is 0.211. The molecule has 0 aliphatic carbocycles. The first-order valence-electron chi connectivity index (χ1n) is 7.72. The first kappa shape index (κ1) is 18.3. The van der Waals surface area contributed by atoms with Crippen molar-refractivity contribution in [3.05, 3.63) is 69.4 Å². The van der Waals surface area contributed by atoms with Crippen LogP contribution in [-0.4, -0.2) is 14.8 Å². The Morgan fingerprint density at radius 1 is 1.20 bits per heavy atom. The second kappa shape index (κ2) is 8.25. The maximum absolute atomic E-state index is 6.16. The molecule has 3 aromatic rings. The zero-order valence-corrected chi connectivity index (χ0v) is 17.0. The number of para-hydroxylation sites is 1. The lowest BCUT2D eigenvalue weighted by Crippen LogP contribution is -2.10. The second-order valence-corrected chi connectivity index (χ2v) is 7.77. The fourth-order valence-corrected chi connectivity index (χ4v) is 3.85. The normalized spacial score (nSPS) is 12.2. The molecule has 0 N–H and O–H groups in total. The lowest BCUT2D eigenvalue weighted by Gasteiger charge is -2.15. The molecule has 0 amide bonds. The Bertz CT molecular complexity index is 871. The van der Waals surface area contributed by atoms with Crippen LogP contribution in [0.4, 0.5) is 0 Å². The molecule has 0 saturated carbocycles. The quantitative estimate of drug-likeness (QED) is 0.465. The largest absolute Gasteiger partial charge is 0.481 e. The van der Waals surface area contributed by atoms with Gasteiger partial charge in [0, 0.05) is 17.3 Å². The summed E-state index contributed by atoms with van der Waals surface area (Å²) in [5.74, 6) is 2.23. The van der Waals surface area contributed by atoms with Crippen LogP contribution in [0.2, 0.25) is 5.02 Å². The van der Waals surface area contributed by atoms with Crippen LogP contribution in [-0.2, 0) is 12.8 Å². The van der Waals surface area contributed by atoms with Gasteiger partial charge in [-0.3, -0.25) is 0 Å². The first-order chi connectivity index (χ1) is 12.0. The van der Waals surface area contributed by atoms with Gasteiger partial charge in [-0.1, -0.05) is 63.6 Å². The van der Waals surface area contributed by atoms with E-state index in [1.54, 1.807) is 17.8 Å². The maximum Gasteiger partial charge on any atom is 0.191 e. The molecule has 1 unspecified atom stereocenters. The predicted molar refractivity (Wildman–Crippen MR) is 105 cm³/mol. The number of halogens is 2. The van der Waals surface area contributed by atoms with Crippen LogP contribution in [0.1, 0.15) is 24.4 Å². The van der Waals surface area contributed by atoms with Crippen molar-refractivity contribution < 1.29 is 4.74 Å². The molecule has 0 aliphatic rings. The zero-order valence-electron chi connectivity index (χ0n) is 13.8. The van der Waals surface area contributed by atoms with Gasteiger partial charge in [0.05, 0.1) is 5.02 Å². The average Bonchev–Trinajstić information content (AvgIpc) is 2.96. The molecule has 0 saturated heterocycles. The van der Waals surface area contributed by atoms with Gasteiger partial charge in [-0.15, -0.1) is 10.2 Å². The number of benzene rings is 2. The van der Waals surface area contributed by atoms with E-state index in [0.717, 1.165) is 21.2 Å². The van der Waals surface area contributed by atoms with Gasteiger partial charge in [0.25, 0.3) is 0 Å². The predicted octanol–water partition coefficient (Wildman–Crippen LogP) is 5.66. The van der Waals surface area contributed by atoms with Crippen molar-refractivity contribution in [3.8, 4) is 5.75 Å². The van der Waals surface area contributed by atoms with E-state index in [2.05, 4.69) is 38.3 Å². The van der Waals surface area contributed by atoms with Crippen LogP contribution in [0.5, 0.6) is 5.75 Å². The highest BCUT2D eigenvalue weighted by molar-refractivity contribution is 9.10. The Kier molecular flexibility index (Phi) is 6.04. The topological polar surface area (TPSA) is 39.9 Å². The Balaban J connectivity index is 1.69. The summed E-state index contributed by atoms with van der Waals surface area (Å²) in [5.41, 5.74) is 1.23. The maximum atomic E-state index is 6.16. The average molecular weight is 439 g/mol. The highest BCUT2D eigenvalue weighted by Crippen LogP contribution is 2.29. The van der Waals surface area contributed by atoms with Crippen LogP contribution in [0.25, 0.3) is 0 Å². The Morgan fingerprint density at radius 3 is 2.76 bits per heavy atom. The standard InChI is InChI=1S/C18H17BrClN3OS/c1-12(24-16-9-4-3-8-15(16)20)17-21-22-18(23(17)2)25-11-13-6-5-7-14(19)10-13/h3-10,12H,11H2,1-2H3. The molecule has 4 nitrogen and oxygen atoms in total. The molecular weight excluding hydrogens is 422 g/mol. The van der Waals surface area contributed by atoms with Crippen LogP contribution in [0.3, 0.4) is 0 Å². The van der Waals surface area contributed by atoms with Crippen molar-refractivity contribution in [2.75, 3.05) is 0 Å². The number of hydrogen-bond donors (Lipinski definition) is 0. The Hall–Kier alpha value is -1.50. The summed E-state index contributed by atoms with van der Waals surface area (Å²) < 4.78 is 8.97. The van der Waals surface area contributed by atoms with E-state index in [4.69, 9.17) is 16.3 Å². The minimum absolute atomic E-state index is 0.252. The number of aromatic nitrogens is 3. The van der Waals surface area contributed by atoms with Gasteiger partial charge in [-0.25, -0.2) is 0 Å². The molecule has 0 spiro atoms. The van der Waals surface area contributed by atoms with Crippen LogP contribution in [0.15, 0.2) is 58.2 Å². The number of thioether (sulfide) groups is 1. The molecule has 1 aromatic heterocycles. The van der Waals surface area contributed by atoms with Gasteiger partial charge in [-0.2, -0.15) is 0 Å². The van der Waals surface area contributed by atoms with E-state index in [1.807, 2.05) is 48.9 Å². The minimum Gasteiger partial charge on any atom is -0.481 e. The van der Waals surface area contributed by atoms with E-state index in [0.29, 0.717) is 10.8 Å². The third kappa shape index (κ3) is 4.57. The summed E-state index contributed by atoms with van der Waals surface area (Å²) in [6.07, 6.45) is -0.252. The molecule has 0 radical (unpaired) electrons. The summed E-state index contributed by atoms with van der Waals surface area (Å²) in [6, 6.07) is 15.7. The molecule has 1 heterocycles. The fraction of sp³-hybridized carbons (Fsp3) is 0.222. The van der Waals surface area contributed by atoms with Crippen molar-refractivity contribution in [3.63, 3.8) is 0 Å². The molecule has 2 aromatic carbocycles. The molecule has 1 atom stereocenters. The van der Waals surface area contributed by atoms with Crippen molar-refractivity contribution in [2.24, 2.45) is 7.05 Å². The molecule has 0 fully saturated rings. The lowest BCUT2D eigenvalue weighted by atomic mass is 10.2. The summed E-state index contributed by atoms with van der Waals surface area (Å²) in [7, 11) is 1.95. The third-order valence-corrected chi connectivity index (χ3v) is 5.53. The molecule has 3 rings (SSSR count). The molecule has 0 aliphatic heterocycles. The molecule has 130 valence electrons. The van der Waals surface area contributed by atoms with Crippen molar-refractivity contribution >= 4 is 39.3 Å². The summed E-state index contributed by atoms with van der Waals surface area (Å²) in [4.78, 5) is 0. The molecule has 7 heteroatoms. The van der Waals surface area contributed by atoms with Crippen molar-refractivity contribution in [1.82, 2.24) is 14.8 Å². The summed E-state index contributed by atoms with van der Waals surface area (Å²) >= 11 is 11.3. The van der Waals surface area contributed by atoms with Gasteiger partial charge in [0.15, 0.2) is 17.1 Å². The van der Waals surface area contributed by atoms with Gasteiger partial charge >= 0.3 is 0 Å². The number of hydrogen-bond acceptors (Lipinski definition) is 4. The van der Waals surface area contributed by atoms with Gasteiger partial charge in [0.1, 0.15) is 5.75 Å². The van der Waals surface area contributed by atoms with E-state index < -0.39 is 0 Å². The zero-order chi connectivity index (χ0) is 17.8. The van der Waals surface area contributed by atoms with E-state index in [1.165, 1.54) is 5.56 Å². The summed E-state index contributed by atoms with van der Waals surface area (Å²) in [6.45, 7) is 1.94. The monoisotopic (exact) mass is 437 g/mol.